The minimum Gasteiger partial charge on any atom is -0.493 e. The van der Waals surface area contributed by atoms with E-state index in [-0.39, 0.29) is 5.91 Å². The third kappa shape index (κ3) is 4.60. The van der Waals surface area contributed by atoms with E-state index in [1.165, 1.54) is 22.5 Å². The van der Waals surface area contributed by atoms with Crippen molar-refractivity contribution >= 4 is 45.0 Å². The molecule has 6 nitrogen and oxygen atoms in total. The van der Waals surface area contributed by atoms with E-state index in [0.717, 1.165) is 46.8 Å². The summed E-state index contributed by atoms with van der Waals surface area (Å²) in [5.41, 5.74) is 4.17. The van der Waals surface area contributed by atoms with Gasteiger partial charge in [-0.15, -0.1) is 11.3 Å². The number of hydrogen-bond acceptors (Lipinski definition) is 6. The van der Waals surface area contributed by atoms with Crippen molar-refractivity contribution in [2.75, 3.05) is 26.1 Å². The van der Waals surface area contributed by atoms with Crippen molar-refractivity contribution in [2.45, 2.75) is 19.5 Å². The Hall–Kier alpha value is -2.17. The van der Waals surface area contributed by atoms with Crippen LogP contribution in [-0.2, 0) is 19.5 Å². The van der Waals surface area contributed by atoms with Crippen LogP contribution in [0.4, 0.5) is 5.13 Å². The fraction of sp³-hybridized carbons (Fsp3) is 0.273. The lowest BCUT2D eigenvalue weighted by Crippen LogP contribution is -2.30. The van der Waals surface area contributed by atoms with Gasteiger partial charge in [-0.2, -0.15) is 0 Å². The van der Waals surface area contributed by atoms with Crippen LogP contribution in [0.15, 0.2) is 41.8 Å². The molecule has 0 unspecified atom stereocenters. The van der Waals surface area contributed by atoms with Crippen molar-refractivity contribution in [3.05, 3.63) is 67.7 Å². The van der Waals surface area contributed by atoms with E-state index in [2.05, 4.69) is 49.9 Å². The summed E-state index contributed by atoms with van der Waals surface area (Å²) in [5.74, 6) is 1.40. The molecule has 8 heteroatoms. The minimum absolute atomic E-state index is 0.131. The van der Waals surface area contributed by atoms with E-state index < -0.39 is 0 Å². The number of halogens is 1. The van der Waals surface area contributed by atoms with Crippen molar-refractivity contribution in [2.24, 2.45) is 0 Å². The predicted octanol–water partition coefficient (Wildman–Crippen LogP) is 4.58. The molecular formula is C22H22IN3O3S. The smallest absolute Gasteiger partial charge is 0.258 e. The van der Waals surface area contributed by atoms with Crippen molar-refractivity contribution in [1.82, 2.24) is 9.88 Å². The van der Waals surface area contributed by atoms with Crippen LogP contribution in [0.25, 0.3) is 0 Å². The molecule has 2 aromatic carbocycles. The molecule has 0 spiro atoms. The van der Waals surface area contributed by atoms with Gasteiger partial charge in [0.15, 0.2) is 16.6 Å². The second kappa shape index (κ2) is 9.32. The number of thiazole rings is 1. The largest absolute Gasteiger partial charge is 0.493 e. The summed E-state index contributed by atoms with van der Waals surface area (Å²) in [6, 6.07) is 11.7. The second-order valence-electron chi connectivity index (χ2n) is 7.01. The Labute approximate surface area is 193 Å². The van der Waals surface area contributed by atoms with E-state index in [9.17, 15) is 4.79 Å². The predicted molar refractivity (Wildman–Crippen MR) is 127 cm³/mol. The summed E-state index contributed by atoms with van der Waals surface area (Å²) in [5, 5.41) is 5.55. The number of anilines is 1. The van der Waals surface area contributed by atoms with Crippen LogP contribution in [0.5, 0.6) is 11.5 Å². The van der Waals surface area contributed by atoms with Gasteiger partial charge in [0.05, 0.1) is 25.5 Å². The highest BCUT2D eigenvalue weighted by Gasteiger charge is 2.20. The fourth-order valence-corrected chi connectivity index (χ4v) is 4.88. The zero-order valence-electron chi connectivity index (χ0n) is 16.8. The molecule has 1 aromatic heterocycles. The molecule has 1 N–H and O–H groups in total. The number of hydrogen-bond donors (Lipinski definition) is 1. The third-order valence-corrected chi connectivity index (χ3v) is 6.82. The van der Waals surface area contributed by atoms with Gasteiger partial charge in [0.1, 0.15) is 0 Å². The van der Waals surface area contributed by atoms with Crippen LogP contribution in [0.2, 0.25) is 0 Å². The summed E-state index contributed by atoms with van der Waals surface area (Å²) in [6.45, 7) is 2.52. The first kappa shape index (κ1) is 21.1. The number of amides is 1. The summed E-state index contributed by atoms with van der Waals surface area (Å²) in [4.78, 5) is 19.5. The van der Waals surface area contributed by atoms with E-state index in [4.69, 9.17) is 9.47 Å². The van der Waals surface area contributed by atoms with E-state index in [1.807, 2.05) is 29.6 Å². The molecule has 4 rings (SSSR count). The van der Waals surface area contributed by atoms with E-state index in [1.54, 1.807) is 14.2 Å². The Bertz CT molecular complexity index is 1070. The lowest BCUT2D eigenvalue weighted by molar-refractivity contribution is 0.102. The number of carbonyl (C=O) groups excluding carboxylic acids is 1. The van der Waals surface area contributed by atoms with Crippen LogP contribution in [0.1, 0.15) is 27.2 Å². The SMILES string of the molecule is COc1cc2c(cc1OC)CN(Cc1csc(NC(=O)c3ccccc3I)n1)CC2. The number of carbonyl (C=O) groups is 1. The molecule has 0 aliphatic carbocycles. The van der Waals surface area contributed by atoms with Crippen molar-refractivity contribution in [3.63, 3.8) is 0 Å². The van der Waals surface area contributed by atoms with Gasteiger partial charge in [0, 0.05) is 28.6 Å². The average molecular weight is 535 g/mol. The lowest BCUT2D eigenvalue weighted by Gasteiger charge is -2.29. The molecule has 1 aliphatic heterocycles. The molecule has 2 heterocycles. The summed E-state index contributed by atoms with van der Waals surface area (Å²) < 4.78 is 11.8. The number of methoxy groups -OCH3 is 2. The fourth-order valence-electron chi connectivity index (χ4n) is 3.55. The van der Waals surface area contributed by atoms with Gasteiger partial charge in [-0.05, 0) is 64.4 Å². The standard InChI is InChI=1S/C22H22IN3O3S/c1-28-19-9-14-7-8-26(11-15(14)10-20(19)29-2)12-16-13-30-22(24-16)25-21(27)17-5-3-4-6-18(17)23/h3-6,9-10,13H,7-8,11-12H2,1-2H3,(H,24,25,27). The highest BCUT2D eigenvalue weighted by Crippen LogP contribution is 2.33. The Morgan fingerprint density at radius 2 is 1.93 bits per heavy atom. The van der Waals surface area contributed by atoms with Crippen LogP contribution >= 0.6 is 33.9 Å². The van der Waals surface area contributed by atoms with Gasteiger partial charge >= 0.3 is 0 Å². The quantitative estimate of drug-likeness (QED) is 0.469. The third-order valence-electron chi connectivity index (χ3n) is 5.07. The van der Waals surface area contributed by atoms with Gasteiger partial charge in [-0.1, -0.05) is 12.1 Å². The van der Waals surface area contributed by atoms with Gasteiger partial charge < -0.3 is 9.47 Å². The number of benzene rings is 2. The maximum Gasteiger partial charge on any atom is 0.258 e. The maximum atomic E-state index is 12.5. The number of nitrogens with zero attached hydrogens (tertiary/aromatic N) is 2. The summed E-state index contributed by atoms with van der Waals surface area (Å²) in [7, 11) is 3.32. The average Bonchev–Trinajstić information content (AvgIpc) is 3.19. The molecule has 3 aromatic rings. The van der Waals surface area contributed by atoms with E-state index >= 15 is 0 Å². The molecule has 156 valence electrons. The zero-order valence-corrected chi connectivity index (χ0v) is 19.7. The molecule has 1 aliphatic rings. The second-order valence-corrected chi connectivity index (χ2v) is 9.03. The molecular weight excluding hydrogens is 513 g/mol. The molecule has 0 fully saturated rings. The van der Waals surface area contributed by atoms with Crippen molar-refractivity contribution in [3.8, 4) is 11.5 Å². The first-order valence-electron chi connectivity index (χ1n) is 9.53. The molecule has 0 bridgehead atoms. The maximum absolute atomic E-state index is 12.5. The van der Waals surface area contributed by atoms with Crippen molar-refractivity contribution < 1.29 is 14.3 Å². The molecule has 30 heavy (non-hydrogen) atoms. The highest BCUT2D eigenvalue weighted by molar-refractivity contribution is 14.1. The molecule has 0 saturated carbocycles. The lowest BCUT2D eigenvalue weighted by atomic mass is 9.98. The van der Waals surface area contributed by atoms with Gasteiger partial charge in [-0.25, -0.2) is 4.98 Å². The summed E-state index contributed by atoms with van der Waals surface area (Å²) >= 11 is 3.62. The normalized spacial score (nSPS) is 13.6. The summed E-state index contributed by atoms with van der Waals surface area (Å²) in [6.07, 6.45) is 0.954. The molecule has 0 saturated heterocycles. The number of aromatic nitrogens is 1. The Morgan fingerprint density at radius 3 is 2.67 bits per heavy atom. The number of ether oxygens (including phenoxy) is 2. The Kier molecular flexibility index (Phi) is 6.55. The van der Waals surface area contributed by atoms with Crippen LogP contribution in [-0.4, -0.2) is 36.6 Å². The molecule has 1 amide bonds. The Balaban J connectivity index is 1.41. The number of nitrogens with one attached hydrogen (secondary N) is 1. The topological polar surface area (TPSA) is 63.7 Å². The Morgan fingerprint density at radius 1 is 1.20 bits per heavy atom. The first-order valence-corrected chi connectivity index (χ1v) is 11.5. The van der Waals surface area contributed by atoms with Crippen LogP contribution in [0.3, 0.4) is 0 Å². The molecule has 0 atom stereocenters. The van der Waals surface area contributed by atoms with Gasteiger partial charge in [0.25, 0.3) is 5.91 Å². The van der Waals surface area contributed by atoms with E-state index in [0.29, 0.717) is 10.7 Å². The van der Waals surface area contributed by atoms with Crippen LogP contribution in [0, 0.1) is 3.57 Å². The van der Waals surface area contributed by atoms with Crippen molar-refractivity contribution in [1.29, 1.82) is 0 Å². The monoisotopic (exact) mass is 535 g/mol. The highest BCUT2D eigenvalue weighted by atomic mass is 127. The first-order chi connectivity index (χ1) is 14.6. The number of rotatable bonds is 6. The van der Waals surface area contributed by atoms with Gasteiger partial charge in [-0.3, -0.25) is 15.0 Å². The molecule has 0 radical (unpaired) electrons. The van der Waals surface area contributed by atoms with Crippen LogP contribution < -0.4 is 14.8 Å². The number of fused-ring (bicyclic) bond motifs is 1. The van der Waals surface area contributed by atoms with Gasteiger partial charge in [0.2, 0.25) is 0 Å². The zero-order chi connectivity index (χ0) is 21.1. The minimum atomic E-state index is -0.131.